The van der Waals surface area contributed by atoms with Crippen molar-refractivity contribution >= 4 is 23.5 Å². The maximum Gasteiger partial charge on any atom is 0.317 e. The summed E-state index contributed by atoms with van der Waals surface area (Å²) in [7, 11) is 0. The third-order valence-corrected chi connectivity index (χ3v) is 11.3. The molecule has 5 aliphatic rings. The topological polar surface area (TPSA) is 137 Å². The summed E-state index contributed by atoms with van der Waals surface area (Å²) in [6, 6.07) is 16.4. The molecule has 3 atom stereocenters. The molecule has 0 aliphatic carbocycles. The Kier molecular flexibility index (Phi) is 9.86. The van der Waals surface area contributed by atoms with Gasteiger partial charge in [-0.1, -0.05) is 24.3 Å². The van der Waals surface area contributed by atoms with Crippen molar-refractivity contribution in [2.24, 2.45) is 5.92 Å². The molecule has 5 heterocycles. The lowest BCUT2D eigenvalue weighted by atomic mass is 9.78. The number of anilines is 1. The second-order valence-corrected chi connectivity index (χ2v) is 14.4. The molecule has 3 aromatic rings. The van der Waals surface area contributed by atoms with Crippen molar-refractivity contribution in [1.82, 2.24) is 20.0 Å². The van der Waals surface area contributed by atoms with Crippen LogP contribution in [0.4, 0.5) is 14.9 Å². The number of amides is 4. The van der Waals surface area contributed by atoms with Gasteiger partial charge < -0.3 is 39.8 Å². The molecule has 5 aliphatic heterocycles. The number of fused-ring (bicyclic) bond motifs is 3. The molecule has 270 valence electrons. The molecular weight excluding hydrogens is 655 g/mol. The first-order chi connectivity index (χ1) is 24.6. The number of urea groups is 1. The number of hydrogen-bond acceptors (Lipinski definition) is 7. The number of β-lactam (4-membered cyclic amide) rings is 1. The largest absolute Gasteiger partial charge is 0.508 e. The predicted octanol–water partition coefficient (Wildman–Crippen LogP) is 2.95. The summed E-state index contributed by atoms with van der Waals surface area (Å²) in [6.07, 6.45) is -0.306. The van der Waals surface area contributed by atoms with Crippen LogP contribution in [0.1, 0.15) is 41.7 Å². The maximum absolute atomic E-state index is 13.6. The SMILES string of the molecule is O=C(C[N+]12CCN(CC1)CC2)N1CCN(C(=O)NCc2ccc(N3C(=O)[C@H](CC[C@H](O)c4ccc(F)cc4)[C@H]3c3ccc(O)cc3O)cc2)CC1. The third-order valence-electron chi connectivity index (χ3n) is 11.3. The number of phenols is 2. The van der Waals surface area contributed by atoms with Crippen molar-refractivity contribution in [3.63, 3.8) is 0 Å². The predicted molar refractivity (Wildman–Crippen MR) is 187 cm³/mol. The smallest absolute Gasteiger partial charge is 0.317 e. The number of benzene rings is 3. The number of carbonyl (C=O) groups is 3. The summed E-state index contributed by atoms with van der Waals surface area (Å²) in [6.45, 7) is 9.18. The number of carbonyl (C=O) groups excluding carboxylic acids is 3. The Bertz CT molecular complexity index is 1730. The average Bonchev–Trinajstić information content (AvgIpc) is 3.14. The van der Waals surface area contributed by atoms with Gasteiger partial charge in [-0.15, -0.1) is 0 Å². The molecule has 4 amide bonds. The Morgan fingerprint density at radius 1 is 0.863 bits per heavy atom. The van der Waals surface area contributed by atoms with Crippen molar-refractivity contribution < 1.29 is 38.6 Å². The molecular formula is C38H46FN6O6+. The Labute approximate surface area is 296 Å². The highest BCUT2D eigenvalue weighted by atomic mass is 19.1. The first-order valence-corrected chi connectivity index (χ1v) is 17.8. The van der Waals surface area contributed by atoms with Crippen LogP contribution in [0.15, 0.2) is 66.7 Å². The van der Waals surface area contributed by atoms with E-state index < -0.39 is 23.9 Å². The molecule has 5 fully saturated rings. The summed E-state index contributed by atoms with van der Waals surface area (Å²) in [5.74, 6) is -1.16. The van der Waals surface area contributed by atoms with E-state index in [1.165, 1.54) is 36.4 Å². The fraction of sp³-hybridized carbons (Fsp3) is 0.447. The van der Waals surface area contributed by atoms with Crippen LogP contribution in [0, 0.1) is 11.7 Å². The van der Waals surface area contributed by atoms with Gasteiger partial charge in [-0.3, -0.25) is 14.5 Å². The van der Waals surface area contributed by atoms with Crippen molar-refractivity contribution in [2.45, 2.75) is 31.5 Å². The minimum absolute atomic E-state index is 0.0996. The van der Waals surface area contributed by atoms with E-state index in [2.05, 4.69) is 10.2 Å². The first-order valence-electron chi connectivity index (χ1n) is 17.8. The standard InChI is InChI=1S/C38H45FN6O6/c39-28-5-3-27(4-6-28)33(47)12-11-32-36(31-10-9-30(46)23-34(31)48)44(37(32)50)29-7-1-26(2-8-29)24-40-38(51)43-15-13-42(14-16-43)35(49)25-45-20-17-41(18-21-45)19-22-45/h1-10,23,32-33,36,47H,11-22,24-25H2,(H2-,40,46,48,51)/p+1/t32-,33+,36-/m1/s1. The minimum Gasteiger partial charge on any atom is -0.508 e. The molecule has 0 radical (unpaired) electrons. The lowest BCUT2D eigenvalue weighted by Crippen LogP contribution is -2.69. The Balaban J connectivity index is 0.933. The highest BCUT2D eigenvalue weighted by Gasteiger charge is 2.49. The van der Waals surface area contributed by atoms with Crippen molar-refractivity contribution in [2.75, 3.05) is 76.9 Å². The summed E-state index contributed by atoms with van der Waals surface area (Å²) < 4.78 is 14.3. The molecule has 5 saturated heterocycles. The number of rotatable bonds is 10. The zero-order valence-electron chi connectivity index (χ0n) is 28.7. The maximum atomic E-state index is 13.6. The van der Waals surface area contributed by atoms with E-state index in [1.807, 2.05) is 17.0 Å². The van der Waals surface area contributed by atoms with Crippen molar-refractivity contribution in [1.29, 1.82) is 0 Å². The van der Waals surface area contributed by atoms with Crippen LogP contribution in [-0.2, 0) is 16.1 Å². The summed E-state index contributed by atoms with van der Waals surface area (Å²) in [4.78, 5) is 47.4. The van der Waals surface area contributed by atoms with Crippen molar-refractivity contribution in [3.05, 3.63) is 89.2 Å². The summed E-state index contributed by atoms with van der Waals surface area (Å²) >= 11 is 0. The van der Waals surface area contributed by atoms with Gasteiger partial charge in [0.2, 0.25) is 5.91 Å². The van der Waals surface area contributed by atoms with Gasteiger partial charge in [0.05, 0.1) is 37.7 Å². The lowest BCUT2D eigenvalue weighted by molar-refractivity contribution is -0.934. The lowest BCUT2D eigenvalue weighted by Gasteiger charge is -2.50. The highest BCUT2D eigenvalue weighted by molar-refractivity contribution is 6.03. The Morgan fingerprint density at radius 2 is 1.51 bits per heavy atom. The molecule has 12 nitrogen and oxygen atoms in total. The number of aliphatic hydroxyl groups excluding tert-OH is 1. The van der Waals surface area contributed by atoms with Crippen LogP contribution in [0.5, 0.6) is 11.5 Å². The number of hydrogen-bond donors (Lipinski definition) is 4. The van der Waals surface area contributed by atoms with Crippen molar-refractivity contribution in [3.8, 4) is 11.5 Å². The molecule has 0 aromatic heterocycles. The minimum atomic E-state index is -0.888. The van der Waals surface area contributed by atoms with Gasteiger partial charge in [0.1, 0.15) is 17.3 Å². The van der Waals surface area contributed by atoms with Crippen LogP contribution in [0.3, 0.4) is 0 Å². The molecule has 3 aromatic carbocycles. The Hall–Kier alpha value is -4.72. The number of piperazine rings is 4. The first kappa shape index (κ1) is 34.7. The number of aliphatic hydroxyl groups is 1. The number of quaternary nitrogens is 1. The van der Waals surface area contributed by atoms with Gasteiger partial charge in [-0.05, 0) is 60.4 Å². The van der Waals surface area contributed by atoms with E-state index in [-0.39, 0.29) is 42.3 Å². The number of phenolic OH excluding ortho intramolecular Hbond substituents is 2. The van der Waals surface area contributed by atoms with E-state index in [0.717, 1.165) is 49.3 Å². The molecule has 8 rings (SSSR count). The fourth-order valence-electron chi connectivity index (χ4n) is 8.02. The molecule has 0 spiro atoms. The van der Waals surface area contributed by atoms with E-state index in [4.69, 9.17) is 0 Å². The number of halogens is 1. The van der Waals surface area contributed by atoms with E-state index >= 15 is 0 Å². The van der Waals surface area contributed by atoms with E-state index in [9.17, 15) is 34.1 Å². The van der Waals surface area contributed by atoms with Crippen LogP contribution in [0.25, 0.3) is 0 Å². The van der Waals surface area contributed by atoms with Crippen LogP contribution < -0.4 is 10.2 Å². The summed E-state index contributed by atoms with van der Waals surface area (Å²) in [5, 5.41) is 34.3. The third kappa shape index (κ3) is 7.37. The van der Waals surface area contributed by atoms with Crippen LogP contribution in [0.2, 0.25) is 0 Å². The molecule has 51 heavy (non-hydrogen) atoms. The monoisotopic (exact) mass is 701 g/mol. The molecule has 2 bridgehead atoms. The molecule has 0 unspecified atom stereocenters. The van der Waals surface area contributed by atoms with Gasteiger partial charge in [0.25, 0.3) is 5.91 Å². The number of aromatic hydroxyl groups is 2. The number of nitrogens with one attached hydrogen (secondary N) is 1. The normalized spacial score (nSPS) is 25.0. The van der Waals surface area contributed by atoms with E-state index in [1.54, 1.807) is 28.0 Å². The van der Waals surface area contributed by atoms with Crippen LogP contribution in [-0.4, -0.2) is 124 Å². The highest BCUT2D eigenvalue weighted by Crippen LogP contribution is 2.49. The van der Waals surface area contributed by atoms with Gasteiger partial charge in [-0.25, -0.2) is 9.18 Å². The number of nitrogens with zero attached hydrogens (tertiary/aromatic N) is 5. The second-order valence-electron chi connectivity index (χ2n) is 14.4. The summed E-state index contributed by atoms with van der Waals surface area (Å²) in [5.41, 5.74) is 2.48. The zero-order chi connectivity index (χ0) is 35.7. The Morgan fingerprint density at radius 3 is 2.16 bits per heavy atom. The molecule has 13 heteroatoms. The van der Waals surface area contributed by atoms with Gasteiger partial charge in [0, 0.05) is 69.7 Å². The van der Waals surface area contributed by atoms with Crippen LogP contribution >= 0.6 is 0 Å². The van der Waals surface area contributed by atoms with Gasteiger partial charge in [-0.2, -0.15) is 0 Å². The second kappa shape index (κ2) is 14.5. The zero-order valence-corrected chi connectivity index (χ0v) is 28.7. The fourth-order valence-corrected chi connectivity index (χ4v) is 8.02. The van der Waals surface area contributed by atoms with E-state index in [0.29, 0.717) is 56.0 Å². The van der Waals surface area contributed by atoms with Gasteiger partial charge in [0.15, 0.2) is 6.54 Å². The molecule has 0 saturated carbocycles. The molecule has 4 N–H and O–H groups in total. The average molecular weight is 702 g/mol. The van der Waals surface area contributed by atoms with Gasteiger partial charge >= 0.3 is 6.03 Å². The quantitative estimate of drug-likeness (QED) is 0.189.